The van der Waals surface area contributed by atoms with Crippen molar-refractivity contribution >= 4 is 27.5 Å². The highest BCUT2D eigenvalue weighted by atomic mass is 32.1. The average molecular weight is 379 g/mol. The number of nitrogens with one attached hydrogen (secondary N) is 1. The van der Waals surface area contributed by atoms with Gasteiger partial charge in [-0.15, -0.1) is 11.3 Å². The maximum atomic E-state index is 13.1. The van der Waals surface area contributed by atoms with Crippen LogP contribution < -0.4 is 5.32 Å². The second kappa shape index (κ2) is 7.04. The lowest BCUT2D eigenvalue weighted by Crippen LogP contribution is -2.34. The number of furan rings is 1. The van der Waals surface area contributed by atoms with E-state index in [1.165, 1.54) is 11.3 Å². The minimum atomic E-state index is -0.0837. The summed E-state index contributed by atoms with van der Waals surface area (Å²) in [6.07, 6.45) is 4.06. The first-order valence-electron chi connectivity index (χ1n) is 8.90. The van der Waals surface area contributed by atoms with Crippen molar-refractivity contribution in [3.05, 3.63) is 70.9 Å². The van der Waals surface area contributed by atoms with Crippen molar-refractivity contribution in [1.82, 2.24) is 14.9 Å². The summed E-state index contributed by atoms with van der Waals surface area (Å²) in [5.74, 6) is 0.776. The van der Waals surface area contributed by atoms with Gasteiger partial charge in [-0.25, -0.2) is 4.98 Å². The van der Waals surface area contributed by atoms with Crippen molar-refractivity contribution in [3.63, 3.8) is 0 Å². The molecule has 0 fully saturated rings. The van der Waals surface area contributed by atoms with Crippen LogP contribution in [0.25, 0.3) is 15.9 Å². The predicted molar refractivity (Wildman–Crippen MR) is 108 cm³/mol. The summed E-state index contributed by atoms with van der Waals surface area (Å²) < 4.78 is 7.52. The Balaban J connectivity index is 1.73. The third-order valence-corrected chi connectivity index (χ3v) is 5.71. The molecular formula is C21H21N3O2S. The summed E-state index contributed by atoms with van der Waals surface area (Å²) >= 11 is 1.43. The first-order chi connectivity index (χ1) is 13.0. The van der Waals surface area contributed by atoms with Crippen LogP contribution in [0.2, 0.25) is 0 Å². The molecule has 138 valence electrons. The number of carbonyl (C=O) groups excluding carboxylic acids is 1. The minimum Gasteiger partial charge on any atom is -0.469 e. The van der Waals surface area contributed by atoms with Gasteiger partial charge in [0.05, 0.1) is 12.0 Å². The number of thiophene rings is 1. The molecule has 4 aromatic heterocycles. The molecule has 0 radical (unpaired) electrons. The van der Waals surface area contributed by atoms with Gasteiger partial charge in [0.15, 0.2) is 0 Å². The van der Waals surface area contributed by atoms with Crippen LogP contribution in [0.3, 0.4) is 0 Å². The standard InChI is InChI=1S/C21H21N3O2S/c1-13(12-16-6-5-11-26-16)23-20(25)19-18(24-14(2)8-9-15(24)3)17-7-4-10-22-21(17)27-19/h4-11,13H,12H2,1-3H3,(H,23,25)/t13-/m1/s1. The lowest BCUT2D eigenvalue weighted by molar-refractivity contribution is 0.0943. The maximum Gasteiger partial charge on any atom is 0.263 e. The molecule has 0 saturated heterocycles. The smallest absolute Gasteiger partial charge is 0.263 e. The fourth-order valence-corrected chi connectivity index (χ4v) is 4.42. The Morgan fingerprint density at radius 1 is 1.22 bits per heavy atom. The van der Waals surface area contributed by atoms with Crippen LogP contribution in [0.4, 0.5) is 0 Å². The highest BCUT2D eigenvalue weighted by Crippen LogP contribution is 2.35. The van der Waals surface area contributed by atoms with E-state index in [0.717, 1.165) is 33.1 Å². The van der Waals surface area contributed by atoms with Gasteiger partial charge in [-0.1, -0.05) is 0 Å². The number of carbonyl (C=O) groups is 1. The Kier molecular flexibility index (Phi) is 4.58. The number of hydrogen-bond acceptors (Lipinski definition) is 4. The molecule has 4 rings (SSSR count). The molecule has 27 heavy (non-hydrogen) atoms. The van der Waals surface area contributed by atoms with Crippen LogP contribution >= 0.6 is 11.3 Å². The van der Waals surface area contributed by atoms with Gasteiger partial charge in [-0.2, -0.15) is 0 Å². The zero-order valence-corrected chi connectivity index (χ0v) is 16.3. The van der Waals surface area contributed by atoms with Crippen molar-refractivity contribution in [3.8, 4) is 5.69 Å². The number of aryl methyl sites for hydroxylation is 2. The molecule has 0 aliphatic rings. The van der Waals surface area contributed by atoms with E-state index in [4.69, 9.17) is 4.42 Å². The van der Waals surface area contributed by atoms with E-state index in [2.05, 4.69) is 27.0 Å². The van der Waals surface area contributed by atoms with Crippen LogP contribution in [-0.4, -0.2) is 21.5 Å². The molecule has 0 bridgehead atoms. The molecule has 1 N–H and O–H groups in total. The topological polar surface area (TPSA) is 60.1 Å². The minimum absolute atomic E-state index is 0.0403. The lowest BCUT2D eigenvalue weighted by atomic mass is 10.2. The van der Waals surface area contributed by atoms with Crippen LogP contribution in [-0.2, 0) is 6.42 Å². The quantitative estimate of drug-likeness (QED) is 0.549. The molecular weight excluding hydrogens is 358 g/mol. The van der Waals surface area contributed by atoms with E-state index in [-0.39, 0.29) is 11.9 Å². The Morgan fingerprint density at radius 2 is 2.00 bits per heavy atom. The molecule has 0 unspecified atom stereocenters. The summed E-state index contributed by atoms with van der Waals surface area (Å²) in [6.45, 7) is 6.08. The second-order valence-electron chi connectivity index (χ2n) is 6.75. The number of fused-ring (bicyclic) bond motifs is 1. The van der Waals surface area contributed by atoms with Crippen LogP contribution in [0.15, 0.2) is 53.3 Å². The molecule has 0 aliphatic carbocycles. The first-order valence-corrected chi connectivity index (χ1v) is 9.72. The summed E-state index contributed by atoms with van der Waals surface area (Å²) in [5.41, 5.74) is 3.09. The van der Waals surface area contributed by atoms with Crippen LogP contribution in [0.5, 0.6) is 0 Å². The first kappa shape index (κ1) is 17.5. The molecule has 6 heteroatoms. The van der Waals surface area contributed by atoms with Crippen molar-refractivity contribution in [2.75, 3.05) is 0 Å². The lowest BCUT2D eigenvalue weighted by Gasteiger charge is -2.15. The number of amides is 1. The molecule has 4 heterocycles. The molecule has 0 aromatic carbocycles. The fraction of sp³-hybridized carbons (Fsp3) is 0.238. The van der Waals surface area contributed by atoms with Gasteiger partial charge >= 0.3 is 0 Å². The number of pyridine rings is 1. The Bertz CT molecular complexity index is 1070. The normalized spacial score (nSPS) is 12.4. The molecule has 4 aromatic rings. The molecule has 1 atom stereocenters. The highest BCUT2D eigenvalue weighted by Gasteiger charge is 2.23. The van der Waals surface area contributed by atoms with Crippen molar-refractivity contribution in [1.29, 1.82) is 0 Å². The molecule has 0 aliphatic heterocycles. The highest BCUT2D eigenvalue weighted by molar-refractivity contribution is 7.21. The van der Waals surface area contributed by atoms with E-state index >= 15 is 0 Å². The van der Waals surface area contributed by atoms with E-state index in [1.54, 1.807) is 12.5 Å². The summed E-state index contributed by atoms with van der Waals surface area (Å²) in [7, 11) is 0. The van der Waals surface area contributed by atoms with E-state index in [9.17, 15) is 4.79 Å². The Morgan fingerprint density at radius 3 is 2.70 bits per heavy atom. The number of rotatable bonds is 5. The van der Waals surface area contributed by atoms with Gasteiger partial charge in [0.25, 0.3) is 5.91 Å². The Hall–Kier alpha value is -2.86. The zero-order valence-electron chi connectivity index (χ0n) is 15.5. The van der Waals surface area contributed by atoms with Gasteiger partial charge in [-0.3, -0.25) is 4.79 Å². The van der Waals surface area contributed by atoms with Gasteiger partial charge in [0.1, 0.15) is 15.5 Å². The van der Waals surface area contributed by atoms with Crippen molar-refractivity contribution in [2.45, 2.75) is 33.2 Å². The fourth-order valence-electron chi connectivity index (χ4n) is 3.39. The van der Waals surface area contributed by atoms with Crippen molar-refractivity contribution < 1.29 is 9.21 Å². The summed E-state index contributed by atoms with van der Waals surface area (Å²) in [5, 5.41) is 4.10. The third kappa shape index (κ3) is 3.28. The third-order valence-electron chi connectivity index (χ3n) is 4.61. The number of nitrogens with zero attached hydrogens (tertiary/aromatic N) is 2. The molecule has 1 amide bonds. The number of hydrogen-bond donors (Lipinski definition) is 1. The number of aromatic nitrogens is 2. The average Bonchev–Trinajstić information content (AvgIpc) is 3.35. The monoisotopic (exact) mass is 379 g/mol. The van der Waals surface area contributed by atoms with Crippen molar-refractivity contribution in [2.24, 2.45) is 0 Å². The second-order valence-corrected chi connectivity index (χ2v) is 7.74. The van der Waals surface area contributed by atoms with E-state index in [1.807, 2.05) is 45.0 Å². The molecule has 0 spiro atoms. The molecule has 0 saturated carbocycles. The maximum absolute atomic E-state index is 13.1. The van der Waals surface area contributed by atoms with Gasteiger partial charge < -0.3 is 14.3 Å². The molecule has 5 nitrogen and oxygen atoms in total. The van der Waals surface area contributed by atoms with E-state index < -0.39 is 0 Å². The van der Waals surface area contributed by atoms with Gasteiger partial charge in [0, 0.05) is 35.4 Å². The summed E-state index contributed by atoms with van der Waals surface area (Å²) in [4.78, 5) is 19.1. The van der Waals surface area contributed by atoms with Gasteiger partial charge in [0.2, 0.25) is 0 Å². The summed E-state index contributed by atoms with van der Waals surface area (Å²) in [6, 6.07) is 11.8. The SMILES string of the molecule is Cc1ccc(C)n1-c1c(C(=O)N[C@H](C)Cc2ccco2)sc2ncccc12. The van der Waals surface area contributed by atoms with E-state index in [0.29, 0.717) is 11.3 Å². The van der Waals surface area contributed by atoms with Crippen LogP contribution in [0, 0.1) is 13.8 Å². The largest absolute Gasteiger partial charge is 0.469 e. The van der Waals surface area contributed by atoms with Crippen LogP contribution in [0.1, 0.15) is 33.7 Å². The predicted octanol–water partition coefficient (Wildman–Crippen LogP) is 4.66. The zero-order chi connectivity index (χ0) is 19.0. The Labute approximate surface area is 161 Å². The van der Waals surface area contributed by atoms with Gasteiger partial charge in [-0.05, 0) is 57.2 Å².